The number of thioether (sulfide) groups is 1. The fourth-order valence-corrected chi connectivity index (χ4v) is 4.37. The molecule has 0 aromatic carbocycles. The molecule has 0 aliphatic carbocycles. The van der Waals surface area contributed by atoms with Gasteiger partial charge in [0.15, 0.2) is 5.13 Å². The number of nitrogens with two attached hydrogens (primary N) is 1. The van der Waals surface area contributed by atoms with Crippen molar-refractivity contribution in [3.8, 4) is 0 Å². The van der Waals surface area contributed by atoms with Crippen molar-refractivity contribution in [1.29, 1.82) is 0 Å². The monoisotopic (exact) mass is 395 g/mol. The van der Waals surface area contributed by atoms with Crippen LogP contribution in [0.1, 0.15) is 31.4 Å². The lowest BCUT2D eigenvalue weighted by atomic mass is 9.98. The van der Waals surface area contributed by atoms with Crippen molar-refractivity contribution >= 4 is 40.2 Å². The van der Waals surface area contributed by atoms with Crippen molar-refractivity contribution in [2.45, 2.75) is 36.1 Å². The van der Waals surface area contributed by atoms with Gasteiger partial charge in [-0.05, 0) is 12.8 Å². The topological polar surface area (TPSA) is 114 Å². The lowest BCUT2D eigenvalue weighted by molar-refractivity contribution is -0.123. The number of oxazole rings is 1. The van der Waals surface area contributed by atoms with Gasteiger partial charge >= 0.3 is 6.03 Å². The Balaban J connectivity index is 1.51. The van der Waals surface area contributed by atoms with Gasteiger partial charge in [-0.1, -0.05) is 18.3 Å². The molecule has 1 aliphatic heterocycles. The summed E-state index contributed by atoms with van der Waals surface area (Å²) < 4.78 is 6.54. The Labute approximate surface area is 159 Å². The van der Waals surface area contributed by atoms with Gasteiger partial charge in [-0.25, -0.2) is 14.8 Å². The van der Waals surface area contributed by atoms with Crippen molar-refractivity contribution in [3.63, 3.8) is 0 Å². The van der Waals surface area contributed by atoms with Crippen molar-refractivity contribution in [3.05, 3.63) is 24.0 Å². The number of urea groups is 1. The molecule has 3 heterocycles. The second-order valence-electron chi connectivity index (χ2n) is 5.96. The quantitative estimate of drug-likeness (QED) is 0.727. The van der Waals surface area contributed by atoms with Crippen molar-refractivity contribution in [2.24, 2.45) is 11.7 Å². The zero-order valence-corrected chi connectivity index (χ0v) is 16.1. The Morgan fingerprint density at radius 3 is 3.04 bits per heavy atom. The number of piperidine rings is 1. The summed E-state index contributed by atoms with van der Waals surface area (Å²) in [6, 6.07) is -0.248. The smallest absolute Gasteiger partial charge is 0.323 e. The third-order valence-corrected chi connectivity index (χ3v) is 6.19. The van der Waals surface area contributed by atoms with E-state index in [1.807, 2.05) is 6.92 Å². The zero-order valence-electron chi connectivity index (χ0n) is 14.4. The number of likely N-dealkylation sites (tertiary alicyclic amines) is 1. The Morgan fingerprint density at radius 2 is 2.31 bits per heavy atom. The third kappa shape index (κ3) is 4.76. The highest BCUT2D eigenvalue weighted by atomic mass is 32.2. The first-order valence-corrected chi connectivity index (χ1v) is 10.2. The second-order valence-corrected chi connectivity index (χ2v) is 8.27. The van der Waals surface area contributed by atoms with Gasteiger partial charge in [0.25, 0.3) is 0 Å². The van der Waals surface area contributed by atoms with E-state index in [1.165, 1.54) is 11.3 Å². The number of amides is 3. The molecule has 0 spiro atoms. The number of hydrogen-bond acceptors (Lipinski definition) is 7. The van der Waals surface area contributed by atoms with Crippen LogP contribution in [0.4, 0.5) is 9.93 Å². The molecule has 3 N–H and O–H groups in total. The van der Waals surface area contributed by atoms with Crippen molar-refractivity contribution in [2.75, 3.05) is 18.4 Å². The van der Waals surface area contributed by atoms with E-state index in [2.05, 4.69) is 15.3 Å². The number of hydrogen-bond donors (Lipinski definition) is 2. The summed E-state index contributed by atoms with van der Waals surface area (Å²) in [6.07, 6.45) is 5.79. The number of thiazole rings is 1. The summed E-state index contributed by atoms with van der Waals surface area (Å²) in [4.78, 5) is 33.8. The van der Waals surface area contributed by atoms with Crippen LogP contribution in [0.2, 0.25) is 0 Å². The minimum Gasteiger partial charge on any atom is -0.445 e. The van der Waals surface area contributed by atoms with Gasteiger partial charge in [0.2, 0.25) is 11.8 Å². The van der Waals surface area contributed by atoms with Gasteiger partial charge in [0, 0.05) is 19.5 Å². The maximum absolute atomic E-state index is 12.4. The van der Waals surface area contributed by atoms with Gasteiger partial charge in [0.1, 0.15) is 5.76 Å². The van der Waals surface area contributed by atoms with E-state index in [0.717, 1.165) is 29.2 Å². The van der Waals surface area contributed by atoms with E-state index in [0.29, 0.717) is 29.9 Å². The van der Waals surface area contributed by atoms with Crippen LogP contribution in [0.3, 0.4) is 0 Å². The van der Waals surface area contributed by atoms with Crippen LogP contribution in [0.5, 0.6) is 0 Å². The summed E-state index contributed by atoms with van der Waals surface area (Å²) >= 11 is 2.96. The van der Waals surface area contributed by atoms with Gasteiger partial charge in [-0.15, -0.1) is 11.8 Å². The molecule has 3 rings (SSSR count). The maximum atomic E-state index is 12.4. The number of rotatable bonds is 6. The van der Waals surface area contributed by atoms with Gasteiger partial charge in [0.05, 0.1) is 28.3 Å². The second kappa shape index (κ2) is 8.54. The number of carbonyl (C=O) groups is 2. The Morgan fingerprint density at radius 1 is 1.46 bits per heavy atom. The third-order valence-electron chi connectivity index (χ3n) is 4.10. The van der Waals surface area contributed by atoms with E-state index in [9.17, 15) is 9.59 Å². The molecule has 2 aromatic heterocycles. The lowest BCUT2D eigenvalue weighted by Crippen LogP contribution is -2.45. The number of nitrogens with one attached hydrogen (secondary N) is 1. The minimum absolute atomic E-state index is 0.248. The number of primary amides is 1. The number of aryl methyl sites for hydroxylation is 1. The summed E-state index contributed by atoms with van der Waals surface area (Å²) in [6.45, 7) is 2.99. The molecule has 0 bridgehead atoms. The van der Waals surface area contributed by atoms with Crippen LogP contribution in [0.15, 0.2) is 21.0 Å². The first kappa shape index (κ1) is 18.7. The molecule has 1 unspecified atom stereocenters. The van der Waals surface area contributed by atoms with E-state index in [4.69, 9.17) is 10.2 Å². The molecule has 140 valence electrons. The molecular weight excluding hydrogens is 374 g/mol. The molecule has 10 heteroatoms. The van der Waals surface area contributed by atoms with Gasteiger partial charge in [-0.2, -0.15) is 0 Å². The maximum Gasteiger partial charge on any atom is 0.323 e. The first-order valence-electron chi connectivity index (χ1n) is 8.42. The van der Waals surface area contributed by atoms with Crippen LogP contribution < -0.4 is 11.1 Å². The van der Waals surface area contributed by atoms with E-state index < -0.39 is 0 Å². The van der Waals surface area contributed by atoms with Crippen LogP contribution >= 0.6 is 23.1 Å². The van der Waals surface area contributed by atoms with Crippen molar-refractivity contribution < 1.29 is 14.0 Å². The minimum atomic E-state index is -0.354. The number of anilines is 1. The molecule has 1 fully saturated rings. The normalized spacial score (nSPS) is 17.3. The molecule has 0 saturated carbocycles. The van der Waals surface area contributed by atoms with E-state index >= 15 is 0 Å². The highest BCUT2D eigenvalue weighted by molar-refractivity contribution is 8.00. The summed E-state index contributed by atoms with van der Waals surface area (Å²) in [5.74, 6) is 1.53. The highest BCUT2D eigenvalue weighted by Gasteiger charge is 2.27. The fraction of sp³-hybridized carbons (Fsp3) is 0.500. The average molecular weight is 396 g/mol. The zero-order chi connectivity index (χ0) is 18.5. The van der Waals surface area contributed by atoms with Crippen LogP contribution in [-0.4, -0.2) is 39.9 Å². The summed E-state index contributed by atoms with van der Waals surface area (Å²) in [7, 11) is 0. The molecule has 0 radical (unpaired) electrons. The van der Waals surface area contributed by atoms with E-state index in [1.54, 1.807) is 29.1 Å². The highest BCUT2D eigenvalue weighted by Crippen LogP contribution is 2.31. The van der Waals surface area contributed by atoms with Crippen LogP contribution in [0.25, 0.3) is 0 Å². The number of nitrogens with zero attached hydrogens (tertiary/aromatic N) is 3. The SMILES string of the molecule is CCc1cnc(CSc2cnc(NC(=O)N3CCCC(C(N)=O)C3)s2)o1. The Bertz CT molecular complexity index is 776. The van der Waals surface area contributed by atoms with Crippen LogP contribution in [0, 0.1) is 5.92 Å². The molecule has 1 atom stereocenters. The van der Waals surface area contributed by atoms with Crippen molar-refractivity contribution in [1.82, 2.24) is 14.9 Å². The Hall–Kier alpha value is -2.07. The molecular formula is C16H21N5O3S2. The molecule has 26 heavy (non-hydrogen) atoms. The van der Waals surface area contributed by atoms with E-state index in [-0.39, 0.29) is 17.9 Å². The lowest BCUT2D eigenvalue weighted by Gasteiger charge is -2.30. The summed E-state index contributed by atoms with van der Waals surface area (Å²) in [5.41, 5.74) is 5.35. The molecule has 1 aliphatic rings. The molecule has 3 amide bonds. The average Bonchev–Trinajstić information content (AvgIpc) is 3.29. The summed E-state index contributed by atoms with van der Waals surface area (Å²) in [5, 5.41) is 3.32. The predicted molar refractivity (Wildman–Crippen MR) is 100 cm³/mol. The largest absolute Gasteiger partial charge is 0.445 e. The first-order chi connectivity index (χ1) is 12.5. The van der Waals surface area contributed by atoms with Gasteiger partial charge < -0.3 is 15.1 Å². The number of carbonyl (C=O) groups excluding carboxylic acids is 2. The Kier molecular flexibility index (Phi) is 6.15. The predicted octanol–water partition coefficient (Wildman–Crippen LogP) is 2.71. The molecule has 2 aromatic rings. The van der Waals surface area contributed by atoms with Gasteiger partial charge in [-0.3, -0.25) is 10.1 Å². The van der Waals surface area contributed by atoms with Crippen LogP contribution in [-0.2, 0) is 17.0 Å². The standard InChI is InChI=1S/C16H21N5O3S2/c1-2-11-6-18-12(24-11)9-25-13-7-19-15(26-13)20-16(23)21-5-3-4-10(8-21)14(17)22/h6-7,10H,2-5,8-9H2,1H3,(H2,17,22)(H,19,20,23). The molecule has 8 nitrogen and oxygen atoms in total. The number of aromatic nitrogens is 2. The molecule has 1 saturated heterocycles. The fourth-order valence-electron chi connectivity index (χ4n) is 2.66.